The van der Waals surface area contributed by atoms with Crippen molar-refractivity contribution in [2.45, 2.75) is 37.0 Å². The molecule has 0 saturated carbocycles. The number of ether oxygens (including phenoxy) is 1. The van der Waals surface area contributed by atoms with Gasteiger partial charge in [-0.3, -0.25) is 13.6 Å². The molecule has 184 valence electrons. The quantitative estimate of drug-likeness (QED) is 0.205. The molecule has 6 atom stereocenters. The van der Waals surface area contributed by atoms with E-state index in [-0.39, 0.29) is 23.8 Å². The van der Waals surface area contributed by atoms with Crippen LogP contribution in [0.15, 0.2) is 36.9 Å². The lowest BCUT2D eigenvalue weighted by molar-refractivity contribution is -0.0515. The van der Waals surface area contributed by atoms with Gasteiger partial charge in [0.25, 0.3) is 0 Å². The van der Waals surface area contributed by atoms with Crippen molar-refractivity contribution in [2.24, 2.45) is 5.73 Å². The van der Waals surface area contributed by atoms with E-state index in [1.165, 1.54) is 29.4 Å². The Hall–Kier alpha value is -2.68. The molecule has 1 saturated heterocycles. The number of hydrogen-bond acceptors (Lipinski definition) is 12. The third-order valence-corrected chi connectivity index (χ3v) is 6.24. The summed E-state index contributed by atoms with van der Waals surface area (Å²) in [6, 6.07) is 5.75. The van der Waals surface area contributed by atoms with Crippen LogP contribution in [0, 0.1) is 0 Å². The molecular weight excluding hydrogens is 471 g/mol. The van der Waals surface area contributed by atoms with E-state index in [9.17, 15) is 24.8 Å². The van der Waals surface area contributed by atoms with Crippen LogP contribution in [0.1, 0.15) is 11.8 Å². The highest BCUT2D eigenvalue weighted by atomic mass is 31.2. The minimum absolute atomic E-state index is 0.115. The summed E-state index contributed by atoms with van der Waals surface area (Å²) in [6.07, 6.45) is -2.19. The number of hydrogen-bond donors (Lipinski definition) is 6. The van der Waals surface area contributed by atoms with Gasteiger partial charge >= 0.3 is 7.82 Å². The minimum atomic E-state index is -4.53. The normalized spacial score (nSPS) is 25.4. The number of benzene rings is 1. The van der Waals surface area contributed by atoms with Crippen molar-refractivity contribution in [3.63, 3.8) is 0 Å². The second-order valence-corrected chi connectivity index (χ2v) is 9.27. The van der Waals surface area contributed by atoms with Crippen molar-refractivity contribution in [2.75, 3.05) is 18.9 Å². The van der Waals surface area contributed by atoms with E-state index in [2.05, 4.69) is 15.0 Å². The Bertz CT molecular complexity index is 1180. The van der Waals surface area contributed by atoms with E-state index in [0.717, 1.165) is 5.56 Å². The van der Waals surface area contributed by atoms with Gasteiger partial charge in [0.15, 0.2) is 17.7 Å². The zero-order chi connectivity index (χ0) is 24.5. The number of phenolic OH excluding ortho intramolecular Hbond substituents is 1. The molecule has 0 amide bonds. The van der Waals surface area contributed by atoms with Gasteiger partial charge in [-0.25, -0.2) is 19.5 Å². The average molecular weight is 496 g/mol. The lowest BCUT2D eigenvalue weighted by Gasteiger charge is -2.19. The molecule has 6 unspecified atom stereocenters. The van der Waals surface area contributed by atoms with Crippen LogP contribution in [0.4, 0.5) is 5.82 Å². The lowest BCUT2D eigenvalue weighted by atomic mass is 10.1. The molecule has 15 heteroatoms. The fourth-order valence-electron chi connectivity index (χ4n) is 3.54. The highest BCUT2D eigenvalue weighted by Gasteiger charge is 2.45. The molecule has 0 radical (unpaired) electrons. The predicted molar refractivity (Wildman–Crippen MR) is 117 cm³/mol. The van der Waals surface area contributed by atoms with Gasteiger partial charge in [0, 0.05) is 6.04 Å². The van der Waals surface area contributed by atoms with Gasteiger partial charge in [-0.2, -0.15) is 0 Å². The van der Waals surface area contributed by atoms with Crippen molar-refractivity contribution < 1.29 is 38.6 Å². The average Bonchev–Trinajstić information content (AvgIpc) is 3.35. The zero-order valence-electron chi connectivity index (χ0n) is 17.8. The zero-order valence-corrected chi connectivity index (χ0v) is 18.7. The number of nitrogen functional groups attached to an aromatic ring is 1. The van der Waals surface area contributed by atoms with Crippen LogP contribution in [0.2, 0.25) is 0 Å². The summed E-state index contributed by atoms with van der Waals surface area (Å²) in [5.74, 6) is 0.253. The summed E-state index contributed by atoms with van der Waals surface area (Å²) in [6.45, 7) is -0.824. The molecular formula is C19H25N6O8P. The summed E-state index contributed by atoms with van der Waals surface area (Å²) in [4.78, 5) is 22.0. The third-order valence-electron chi connectivity index (χ3n) is 5.29. The van der Waals surface area contributed by atoms with E-state index in [1.807, 2.05) is 0 Å². The van der Waals surface area contributed by atoms with Gasteiger partial charge < -0.3 is 36.4 Å². The number of rotatable bonds is 9. The van der Waals surface area contributed by atoms with Crippen molar-refractivity contribution in [3.8, 4) is 5.75 Å². The lowest BCUT2D eigenvalue weighted by Crippen LogP contribution is -2.34. The molecule has 14 nitrogen and oxygen atoms in total. The maximum atomic E-state index is 12.3. The number of phosphoric ester groups is 1. The highest BCUT2D eigenvalue weighted by molar-refractivity contribution is 7.47. The SMILES string of the molecule is Nc1ncnc2c1ncn2C1OC(COP(=O)(O)OCC(N)Cc2ccc(O)cc2)C(O)C1O. The molecule has 3 aromatic rings. The first-order valence-electron chi connectivity index (χ1n) is 10.2. The maximum absolute atomic E-state index is 12.3. The molecule has 1 aliphatic heterocycles. The number of phenols is 1. The first kappa shape index (κ1) is 24.4. The van der Waals surface area contributed by atoms with Gasteiger partial charge in [0.2, 0.25) is 0 Å². The number of imidazole rings is 1. The topological polar surface area (TPSA) is 221 Å². The van der Waals surface area contributed by atoms with Crippen LogP contribution < -0.4 is 11.5 Å². The maximum Gasteiger partial charge on any atom is 0.472 e. The van der Waals surface area contributed by atoms with E-state index < -0.39 is 45.0 Å². The third kappa shape index (κ3) is 5.35. The second kappa shape index (κ2) is 9.90. The molecule has 1 fully saturated rings. The largest absolute Gasteiger partial charge is 0.508 e. The molecule has 1 aliphatic rings. The van der Waals surface area contributed by atoms with Crippen molar-refractivity contribution >= 4 is 24.8 Å². The van der Waals surface area contributed by atoms with E-state index >= 15 is 0 Å². The molecule has 34 heavy (non-hydrogen) atoms. The Labute approximate surface area is 193 Å². The van der Waals surface area contributed by atoms with Crippen LogP contribution in [0.5, 0.6) is 5.75 Å². The second-order valence-electron chi connectivity index (χ2n) is 7.82. The molecule has 2 aromatic heterocycles. The number of aliphatic hydroxyl groups is 2. The number of nitrogens with zero attached hydrogens (tertiary/aromatic N) is 4. The summed E-state index contributed by atoms with van der Waals surface area (Å²) < 4.78 is 29.2. The molecule has 0 aliphatic carbocycles. The number of aromatic hydroxyl groups is 1. The van der Waals surface area contributed by atoms with Gasteiger partial charge in [0.05, 0.1) is 19.5 Å². The van der Waals surface area contributed by atoms with Gasteiger partial charge in [0.1, 0.15) is 35.9 Å². The monoisotopic (exact) mass is 496 g/mol. The Morgan fingerprint density at radius 2 is 1.88 bits per heavy atom. The molecule has 8 N–H and O–H groups in total. The number of nitrogens with two attached hydrogens (primary N) is 2. The minimum Gasteiger partial charge on any atom is -0.508 e. The summed E-state index contributed by atoms with van der Waals surface area (Å²) in [5.41, 5.74) is 13.1. The van der Waals surface area contributed by atoms with Gasteiger partial charge in [-0.05, 0) is 24.1 Å². The Balaban J connectivity index is 1.32. The Morgan fingerprint density at radius 3 is 2.62 bits per heavy atom. The molecule has 4 rings (SSSR count). The molecule has 1 aromatic carbocycles. The van der Waals surface area contributed by atoms with Crippen LogP contribution in [-0.2, 0) is 24.8 Å². The summed E-state index contributed by atoms with van der Waals surface area (Å²) in [5, 5.41) is 30.1. The smallest absolute Gasteiger partial charge is 0.472 e. The molecule has 0 spiro atoms. The van der Waals surface area contributed by atoms with Crippen LogP contribution >= 0.6 is 7.82 Å². The van der Waals surface area contributed by atoms with Crippen molar-refractivity contribution in [3.05, 3.63) is 42.5 Å². The van der Waals surface area contributed by atoms with Gasteiger partial charge in [-0.15, -0.1) is 0 Å². The van der Waals surface area contributed by atoms with Crippen molar-refractivity contribution in [1.29, 1.82) is 0 Å². The molecule has 3 heterocycles. The fraction of sp³-hybridized carbons (Fsp3) is 0.421. The first-order chi connectivity index (χ1) is 16.1. The standard InChI is InChI=1S/C19H25N6O8P/c20-11(5-10-1-3-12(26)4-2-10)6-31-34(29,30)32-7-13-15(27)16(28)19(33-13)25-9-24-14-17(21)22-8-23-18(14)25/h1-4,8-9,11,13,15-16,19,26-28H,5-7,20H2,(H,29,30)(H2,21,22,23). The predicted octanol–water partition coefficient (Wildman–Crippen LogP) is -0.563. The molecule has 0 bridgehead atoms. The van der Waals surface area contributed by atoms with Crippen LogP contribution in [-0.4, -0.2) is 77.3 Å². The van der Waals surface area contributed by atoms with E-state index in [4.69, 9.17) is 25.3 Å². The van der Waals surface area contributed by atoms with E-state index in [1.54, 1.807) is 12.1 Å². The number of aliphatic hydroxyl groups excluding tert-OH is 2. The van der Waals surface area contributed by atoms with E-state index in [0.29, 0.717) is 11.9 Å². The van der Waals surface area contributed by atoms with Crippen LogP contribution in [0.25, 0.3) is 11.2 Å². The highest BCUT2D eigenvalue weighted by Crippen LogP contribution is 2.44. The summed E-state index contributed by atoms with van der Waals surface area (Å²) >= 11 is 0. The number of anilines is 1. The van der Waals surface area contributed by atoms with Gasteiger partial charge in [-0.1, -0.05) is 12.1 Å². The number of aromatic nitrogens is 4. The number of phosphoric acid groups is 1. The van der Waals surface area contributed by atoms with Crippen molar-refractivity contribution in [1.82, 2.24) is 19.5 Å². The Kier molecular flexibility index (Phi) is 7.12. The Morgan fingerprint density at radius 1 is 1.15 bits per heavy atom. The van der Waals surface area contributed by atoms with Crippen LogP contribution in [0.3, 0.4) is 0 Å². The number of fused-ring (bicyclic) bond motifs is 1. The first-order valence-corrected chi connectivity index (χ1v) is 11.7. The summed E-state index contributed by atoms with van der Waals surface area (Å²) in [7, 11) is -4.53. The fourth-order valence-corrected chi connectivity index (χ4v) is 4.33.